The normalized spacial score (nSPS) is 10.2. The van der Waals surface area contributed by atoms with E-state index >= 15 is 0 Å². The third-order valence-electron chi connectivity index (χ3n) is 2.29. The van der Waals surface area contributed by atoms with Gasteiger partial charge in [0.2, 0.25) is 11.8 Å². The highest BCUT2D eigenvalue weighted by Gasteiger charge is 2.11. The number of pyridine rings is 1. The molecule has 1 amide bonds. The van der Waals surface area contributed by atoms with Gasteiger partial charge in [-0.25, -0.2) is 9.97 Å². The molecule has 2 heterocycles. The summed E-state index contributed by atoms with van der Waals surface area (Å²) < 4.78 is 5.01. The molecule has 0 aliphatic rings. The van der Waals surface area contributed by atoms with Crippen LogP contribution in [0.25, 0.3) is 0 Å². The first-order valence-electron chi connectivity index (χ1n) is 5.52. The number of rotatable bonds is 3. The molecule has 2 aromatic heterocycles. The molecule has 0 spiro atoms. The fourth-order valence-corrected chi connectivity index (χ4v) is 1.93. The van der Waals surface area contributed by atoms with Crippen molar-refractivity contribution in [3.8, 4) is 5.88 Å². The van der Waals surface area contributed by atoms with Crippen LogP contribution in [0.4, 0.5) is 5.95 Å². The molecular formula is C12H10Cl2N4O2. The zero-order valence-electron chi connectivity index (χ0n) is 10.6. The average molecular weight is 313 g/mol. The predicted octanol–water partition coefficient (Wildman–Crippen LogP) is 2.75. The van der Waals surface area contributed by atoms with Gasteiger partial charge < -0.3 is 4.74 Å². The molecular weight excluding hydrogens is 303 g/mol. The van der Waals surface area contributed by atoms with Crippen LogP contribution in [0.3, 0.4) is 0 Å². The lowest BCUT2D eigenvalue weighted by Crippen LogP contribution is -2.15. The number of methoxy groups -OCH3 is 1. The van der Waals surface area contributed by atoms with E-state index in [4.69, 9.17) is 27.9 Å². The second kappa shape index (κ2) is 6.02. The minimum absolute atomic E-state index is 0.130. The van der Waals surface area contributed by atoms with Gasteiger partial charge in [0.25, 0.3) is 5.91 Å². The monoisotopic (exact) mass is 312 g/mol. The minimum Gasteiger partial charge on any atom is -0.481 e. The van der Waals surface area contributed by atoms with Gasteiger partial charge in [-0.05, 0) is 19.1 Å². The van der Waals surface area contributed by atoms with Crippen LogP contribution in [0.5, 0.6) is 5.88 Å². The third kappa shape index (κ3) is 3.55. The molecule has 0 radical (unpaired) electrons. The molecule has 0 saturated heterocycles. The van der Waals surface area contributed by atoms with Gasteiger partial charge in [0.1, 0.15) is 10.3 Å². The van der Waals surface area contributed by atoms with Crippen molar-refractivity contribution < 1.29 is 9.53 Å². The van der Waals surface area contributed by atoms with Crippen molar-refractivity contribution in [2.24, 2.45) is 0 Å². The molecule has 0 unspecified atom stereocenters. The van der Waals surface area contributed by atoms with E-state index in [9.17, 15) is 4.79 Å². The zero-order valence-corrected chi connectivity index (χ0v) is 12.2. The fraction of sp³-hybridized carbons (Fsp3) is 0.167. The standard InChI is InChI=1S/C12H10Cl2N4O2/c1-6-3-10(20-2)17-12(15-6)18-11(19)7-4-8(13)16-9(14)5-7/h3-5H,1-2H3,(H,15,17,18,19). The molecule has 0 bridgehead atoms. The number of halogens is 2. The van der Waals surface area contributed by atoms with E-state index in [0.29, 0.717) is 11.6 Å². The van der Waals surface area contributed by atoms with Gasteiger partial charge in [0, 0.05) is 17.3 Å². The third-order valence-corrected chi connectivity index (χ3v) is 2.68. The maximum atomic E-state index is 12.1. The first kappa shape index (κ1) is 14.5. The first-order chi connectivity index (χ1) is 9.47. The van der Waals surface area contributed by atoms with E-state index in [-0.39, 0.29) is 21.8 Å². The van der Waals surface area contributed by atoms with Crippen LogP contribution in [-0.2, 0) is 0 Å². The van der Waals surface area contributed by atoms with Crippen LogP contribution >= 0.6 is 23.2 Å². The quantitative estimate of drug-likeness (QED) is 0.882. The van der Waals surface area contributed by atoms with Crippen molar-refractivity contribution in [3.63, 3.8) is 0 Å². The van der Waals surface area contributed by atoms with Crippen LogP contribution < -0.4 is 10.1 Å². The van der Waals surface area contributed by atoms with E-state index in [1.54, 1.807) is 13.0 Å². The number of nitrogens with zero attached hydrogens (tertiary/aromatic N) is 3. The van der Waals surface area contributed by atoms with Gasteiger partial charge in [-0.3, -0.25) is 10.1 Å². The molecule has 2 rings (SSSR count). The first-order valence-corrected chi connectivity index (χ1v) is 6.27. The van der Waals surface area contributed by atoms with Crippen molar-refractivity contribution >= 4 is 35.1 Å². The summed E-state index contributed by atoms with van der Waals surface area (Å²) in [6, 6.07) is 4.45. The van der Waals surface area contributed by atoms with Crippen molar-refractivity contribution in [2.45, 2.75) is 6.92 Å². The van der Waals surface area contributed by atoms with E-state index in [1.165, 1.54) is 19.2 Å². The number of aromatic nitrogens is 3. The van der Waals surface area contributed by atoms with E-state index < -0.39 is 5.91 Å². The summed E-state index contributed by atoms with van der Waals surface area (Å²) in [6.07, 6.45) is 0. The van der Waals surface area contributed by atoms with Crippen LogP contribution in [0, 0.1) is 6.92 Å². The van der Waals surface area contributed by atoms with Gasteiger partial charge in [0.15, 0.2) is 0 Å². The summed E-state index contributed by atoms with van der Waals surface area (Å²) in [6.45, 7) is 1.76. The maximum Gasteiger partial charge on any atom is 0.258 e. The van der Waals surface area contributed by atoms with Gasteiger partial charge in [0.05, 0.1) is 7.11 Å². The molecule has 2 aromatic rings. The Labute approximate surface area is 125 Å². The highest BCUT2D eigenvalue weighted by atomic mass is 35.5. The molecule has 6 nitrogen and oxygen atoms in total. The van der Waals surface area contributed by atoms with Crippen molar-refractivity contribution in [2.75, 3.05) is 12.4 Å². The number of hydrogen-bond acceptors (Lipinski definition) is 5. The highest BCUT2D eigenvalue weighted by molar-refractivity contribution is 6.33. The summed E-state index contributed by atoms with van der Waals surface area (Å²) in [7, 11) is 1.48. The predicted molar refractivity (Wildman–Crippen MR) is 75.5 cm³/mol. The molecule has 104 valence electrons. The summed E-state index contributed by atoms with van der Waals surface area (Å²) in [5, 5.41) is 2.80. The Morgan fingerprint density at radius 1 is 1.15 bits per heavy atom. The Bertz CT molecular complexity index is 644. The lowest BCUT2D eigenvalue weighted by molar-refractivity contribution is 0.102. The second-order valence-electron chi connectivity index (χ2n) is 3.83. The maximum absolute atomic E-state index is 12.1. The fourth-order valence-electron chi connectivity index (χ4n) is 1.47. The average Bonchev–Trinajstić information content (AvgIpc) is 2.36. The van der Waals surface area contributed by atoms with Crippen molar-refractivity contribution in [1.29, 1.82) is 0 Å². The number of aryl methyl sites for hydroxylation is 1. The summed E-state index contributed by atoms with van der Waals surface area (Å²) >= 11 is 11.5. The largest absolute Gasteiger partial charge is 0.481 e. The lowest BCUT2D eigenvalue weighted by atomic mass is 10.2. The number of carbonyl (C=O) groups is 1. The van der Waals surface area contributed by atoms with Gasteiger partial charge >= 0.3 is 0 Å². The smallest absolute Gasteiger partial charge is 0.258 e. The van der Waals surface area contributed by atoms with Crippen LogP contribution in [-0.4, -0.2) is 28.0 Å². The number of anilines is 1. The Balaban J connectivity index is 2.25. The van der Waals surface area contributed by atoms with Crippen LogP contribution in [0.2, 0.25) is 10.3 Å². The zero-order chi connectivity index (χ0) is 14.7. The molecule has 8 heteroatoms. The minimum atomic E-state index is -0.441. The molecule has 0 aliphatic carbocycles. The summed E-state index contributed by atoms with van der Waals surface area (Å²) in [5.41, 5.74) is 0.928. The Morgan fingerprint density at radius 2 is 1.80 bits per heavy atom. The number of hydrogen-bond donors (Lipinski definition) is 1. The number of amides is 1. The molecule has 0 aromatic carbocycles. The molecule has 0 fully saturated rings. The van der Waals surface area contributed by atoms with E-state index in [2.05, 4.69) is 20.3 Å². The van der Waals surface area contributed by atoms with Crippen molar-refractivity contribution in [3.05, 3.63) is 39.8 Å². The van der Waals surface area contributed by atoms with E-state index in [0.717, 1.165) is 0 Å². The molecule has 0 aliphatic heterocycles. The molecule has 0 atom stereocenters. The topological polar surface area (TPSA) is 77.0 Å². The highest BCUT2D eigenvalue weighted by Crippen LogP contribution is 2.16. The molecule has 1 N–H and O–H groups in total. The van der Waals surface area contributed by atoms with Gasteiger partial charge in [-0.1, -0.05) is 23.2 Å². The second-order valence-corrected chi connectivity index (χ2v) is 4.61. The SMILES string of the molecule is COc1cc(C)nc(NC(=O)c2cc(Cl)nc(Cl)c2)n1. The Hall–Kier alpha value is -1.92. The van der Waals surface area contributed by atoms with Gasteiger partial charge in [-0.15, -0.1) is 0 Å². The molecule has 0 saturated carbocycles. The number of nitrogens with one attached hydrogen (secondary N) is 1. The Kier molecular flexibility index (Phi) is 4.36. The summed E-state index contributed by atoms with van der Waals surface area (Å²) in [4.78, 5) is 23.9. The number of carbonyl (C=O) groups excluding carboxylic acids is 1. The van der Waals surface area contributed by atoms with Crippen LogP contribution in [0.1, 0.15) is 16.1 Å². The van der Waals surface area contributed by atoms with Crippen molar-refractivity contribution in [1.82, 2.24) is 15.0 Å². The lowest BCUT2D eigenvalue weighted by Gasteiger charge is -2.07. The summed E-state index contributed by atoms with van der Waals surface area (Å²) in [5.74, 6) is 0.0540. The Morgan fingerprint density at radius 3 is 2.40 bits per heavy atom. The molecule has 20 heavy (non-hydrogen) atoms. The van der Waals surface area contributed by atoms with Gasteiger partial charge in [-0.2, -0.15) is 4.98 Å². The van der Waals surface area contributed by atoms with E-state index in [1.807, 2.05) is 0 Å². The number of ether oxygens (including phenoxy) is 1. The van der Waals surface area contributed by atoms with Crippen LogP contribution in [0.15, 0.2) is 18.2 Å².